The Bertz CT molecular complexity index is 1030. The van der Waals surface area contributed by atoms with Crippen LogP contribution in [-0.2, 0) is 14.2 Å². The molecule has 2 N–H and O–H groups in total. The normalized spacial score (nSPS) is 12.3. The van der Waals surface area contributed by atoms with Crippen molar-refractivity contribution in [2.75, 3.05) is 18.9 Å². The molecule has 1 atom stereocenters. The van der Waals surface area contributed by atoms with Gasteiger partial charge in [0.15, 0.2) is 0 Å². The van der Waals surface area contributed by atoms with Crippen LogP contribution >= 0.6 is 0 Å². The summed E-state index contributed by atoms with van der Waals surface area (Å²) in [6, 6.07) is 7.97. The van der Waals surface area contributed by atoms with Crippen LogP contribution in [0.3, 0.4) is 0 Å². The quantitative estimate of drug-likeness (QED) is 0.163. The molecule has 0 saturated heterocycles. The van der Waals surface area contributed by atoms with E-state index < -0.39 is 11.8 Å². The maximum absolute atomic E-state index is 11.5. The largest absolute Gasteiger partial charge is 0.509 e. The number of carbonyl (C=O) groups is 1. The molecule has 0 aliphatic heterocycles. The number of pyridine rings is 1. The van der Waals surface area contributed by atoms with Gasteiger partial charge in [-0.25, -0.2) is 9.78 Å². The number of para-hydroxylation sites is 1. The molecule has 0 radical (unpaired) electrons. The second-order valence-electron chi connectivity index (χ2n) is 9.40. The van der Waals surface area contributed by atoms with E-state index in [1.54, 1.807) is 0 Å². The maximum atomic E-state index is 11.5. The van der Waals surface area contributed by atoms with Gasteiger partial charge in [-0.1, -0.05) is 72.2 Å². The molecular weight excluding hydrogens is 490 g/mol. The molecule has 1 heterocycles. The third kappa shape index (κ3) is 13.6. The number of ether oxygens (including phenoxy) is 3. The molecule has 2 aromatic rings. The van der Waals surface area contributed by atoms with Crippen molar-refractivity contribution < 1.29 is 19.0 Å². The highest BCUT2D eigenvalue weighted by atomic mass is 16.7. The molecule has 0 saturated carbocycles. The van der Waals surface area contributed by atoms with Crippen LogP contribution in [0.15, 0.2) is 41.4 Å². The summed E-state index contributed by atoms with van der Waals surface area (Å²) in [7, 11) is 0. The molecule has 1 aromatic heterocycles. The summed E-state index contributed by atoms with van der Waals surface area (Å²) in [5, 5.41) is 1.09. The number of rotatable bonds is 12. The first-order valence-electron chi connectivity index (χ1n) is 14.5. The number of hydrogen-bond acceptors (Lipinski definition) is 7. The van der Waals surface area contributed by atoms with Crippen molar-refractivity contribution in [1.29, 1.82) is 0 Å². The van der Waals surface area contributed by atoms with Gasteiger partial charge in [-0.2, -0.15) is 0 Å². The number of aromatic nitrogens is 1. The number of anilines is 1. The summed E-state index contributed by atoms with van der Waals surface area (Å²) < 4.78 is 15.9. The predicted molar refractivity (Wildman–Crippen MR) is 166 cm³/mol. The lowest BCUT2D eigenvalue weighted by molar-refractivity contribution is -0.0285. The second-order valence-corrected chi connectivity index (χ2v) is 9.40. The maximum Gasteiger partial charge on any atom is 0.509 e. The van der Waals surface area contributed by atoms with Gasteiger partial charge in [-0.15, -0.1) is 0 Å². The van der Waals surface area contributed by atoms with E-state index in [0.717, 1.165) is 60.0 Å². The van der Waals surface area contributed by atoms with Crippen LogP contribution in [0.2, 0.25) is 0 Å². The predicted octanol–water partition coefficient (Wildman–Crippen LogP) is 9.13. The Morgan fingerprint density at radius 3 is 2.36 bits per heavy atom. The van der Waals surface area contributed by atoms with E-state index in [9.17, 15) is 4.79 Å². The summed E-state index contributed by atoms with van der Waals surface area (Å²) in [5.41, 5.74) is 9.33. The fraction of sp³-hybridized carbons (Fsp3) is 0.594. The van der Waals surface area contributed by atoms with E-state index in [-0.39, 0.29) is 6.10 Å². The van der Waals surface area contributed by atoms with Crippen LogP contribution in [0.4, 0.5) is 16.3 Å². The van der Waals surface area contributed by atoms with Crippen LogP contribution in [-0.4, -0.2) is 41.8 Å². The van der Waals surface area contributed by atoms with Gasteiger partial charge in [0.25, 0.3) is 0 Å². The average Bonchev–Trinajstić information content (AvgIpc) is 2.93. The first kappa shape index (κ1) is 36.1. The van der Waals surface area contributed by atoms with Crippen LogP contribution in [0.5, 0.6) is 0 Å². The van der Waals surface area contributed by atoms with E-state index in [0.29, 0.717) is 19.0 Å². The van der Waals surface area contributed by atoms with Gasteiger partial charge in [0.1, 0.15) is 23.2 Å². The number of benzene rings is 1. The third-order valence-corrected chi connectivity index (χ3v) is 5.96. The van der Waals surface area contributed by atoms with Crippen LogP contribution in [0.25, 0.3) is 10.9 Å². The van der Waals surface area contributed by atoms with Gasteiger partial charge in [0.05, 0.1) is 12.1 Å². The zero-order chi connectivity index (χ0) is 29.8. The topological polar surface area (TPSA) is 96.0 Å². The Hall–Kier alpha value is -2.93. The fourth-order valence-corrected chi connectivity index (χ4v) is 3.24. The Labute approximate surface area is 237 Å². The second kappa shape index (κ2) is 20.0. The molecule has 0 amide bonds. The van der Waals surface area contributed by atoms with Gasteiger partial charge in [-0.3, -0.25) is 4.99 Å². The molecule has 0 fully saturated rings. The monoisotopic (exact) mass is 543 g/mol. The first-order valence-corrected chi connectivity index (χ1v) is 14.5. The summed E-state index contributed by atoms with van der Waals surface area (Å²) in [6.45, 7) is 21.1. The molecule has 0 aliphatic rings. The smallest absolute Gasteiger partial charge is 0.428 e. The average molecular weight is 544 g/mol. The van der Waals surface area contributed by atoms with E-state index in [1.807, 2.05) is 91.8 Å². The highest BCUT2D eigenvalue weighted by Gasteiger charge is 2.22. The molecule has 2 rings (SSSR count). The van der Waals surface area contributed by atoms with Gasteiger partial charge in [0.2, 0.25) is 0 Å². The molecule has 1 unspecified atom stereocenters. The molecule has 0 bridgehead atoms. The van der Waals surface area contributed by atoms with E-state index >= 15 is 0 Å². The number of hydrogen-bond donors (Lipinski definition) is 1. The molecule has 39 heavy (non-hydrogen) atoms. The number of unbranched alkanes of at least 4 members (excludes halogenated alkanes) is 1. The number of nitrogens with zero attached hydrogens (tertiary/aromatic N) is 2. The number of fused-ring (bicyclic) bond motifs is 1. The lowest BCUT2D eigenvalue weighted by atomic mass is 10.1. The summed E-state index contributed by atoms with van der Waals surface area (Å²) in [5.74, 6) is 0.476. The van der Waals surface area contributed by atoms with Crippen molar-refractivity contribution in [2.24, 2.45) is 4.99 Å². The van der Waals surface area contributed by atoms with Gasteiger partial charge >= 0.3 is 6.16 Å². The summed E-state index contributed by atoms with van der Waals surface area (Å²) in [4.78, 5) is 20.6. The number of allylic oxidation sites excluding steroid dienone is 1. The van der Waals surface area contributed by atoms with E-state index in [4.69, 9.17) is 19.9 Å². The Balaban J connectivity index is 0.000000707. The summed E-state index contributed by atoms with van der Waals surface area (Å²) >= 11 is 0. The van der Waals surface area contributed by atoms with Crippen molar-refractivity contribution in [3.63, 3.8) is 0 Å². The molecule has 7 heteroatoms. The van der Waals surface area contributed by atoms with Crippen LogP contribution < -0.4 is 5.73 Å². The lowest BCUT2D eigenvalue weighted by Gasteiger charge is -2.23. The molecule has 0 spiro atoms. The van der Waals surface area contributed by atoms with Gasteiger partial charge in [-0.05, 0) is 71.1 Å². The zero-order valence-corrected chi connectivity index (χ0v) is 26.1. The fourth-order valence-electron chi connectivity index (χ4n) is 3.24. The molecule has 1 aromatic carbocycles. The third-order valence-electron chi connectivity index (χ3n) is 5.96. The van der Waals surface area contributed by atoms with E-state index in [2.05, 4.69) is 23.8 Å². The molecule has 220 valence electrons. The van der Waals surface area contributed by atoms with Crippen molar-refractivity contribution in [2.45, 2.75) is 113 Å². The Morgan fingerprint density at radius 1 is 1.13 bits per heavy atom. The van der Waals surface area contributed by atoms with E-state index in [1.165, 1.54) is 0 Å². The minimum atomic E-state index is -0.579. The summed E-state index contributed by atoms with van der Waals surface area (Å²) in [6.07, 6.45) is 7.70. The zero-order valence-electron chi connectivity index (χ0n) is 26.1. The Kier molecular flexibility index (Phi) is 18.5. The highest BCUT2D eigenvalue weighted by Crippen LogP contribution is 2.31. The number of aliphatic imine (C=N–C) groups is 1. The lowest BCUT2D eigenvalue weighted by Crippen LogP contribution is -2.29. The standard InChI is InChI=1S/C16H21N3O.C14H26O3.C2H6/c1-4-12(10-20-5-2)18-15-11(3)13-8-6-7-9-14(13)19-16(15)17;1-6-9-10-11-12(7-2)16-13(15)17-14(4,5)8-3;1-2/h6-9H,4-5,10H2,1-3H3,(H2,17,19);10-12H,6-9H2,1-5H3;1-2H3/b;11-10+;. The van der Waals surface area contributed by atoms with Crippen LogP contribution in [0.1, 0.15) is 100.0 Å². The minimum Gasteiger partial charge on any atom is -0.428 e. The highest BCUT2D eigenvalue weighted by molar-refractivity contribution is 5.94. The van der Waals surface area contributed by atoms with Crippen molar-refractivity contribution in [3.05, 3.63) is 42.0 Å². The number of nitrogen functional groups attached to an aromatic ring is 1. The minimum absolute atomic E-state index is 0.179. The SMILES string of the molecule is CC.CCC/C=C/C(CC)OC(=O)OC(C)(C)CC.CCOCC(CC)=Nc1c(N)nc2ccccc2c1C. The molecule has 7 nitrogen and oxygen atoms in total. The van der Waals surface area contributed by atoms with Crippen LogP contribution in [0, 0.1) is 6.92 Å². The van der Waals surface area contributed by atoms with Crippen molar-refractivity contribution in [1.82, 2.24) is 4.98 Å². The number of nitrogens with two attached hydrogens (primary N) is 1. The van der Waals surface area contributed by atoms with Crippen molar-refractivity contribution in [3.8, 4) is 0 Å². The molecule has 0 aliphatic carbocycles. The molecular formula is C32H53N3O4. The first-order chi connectivity index (χ1) is 18.6. The Morgan fingerprint density at radius 2 is 1.79 bits per heavy atom. The number of aryl methyl sites for hydroxylation is 1. The van der Waals surface area contributed by atoms with Crippen molar-refractivity contribution >= 4 is 34.3 Å². The van der Waals surface area contributed by atoms with Gasteiger partial charge in [0, 0.05) is 17.7 Å². The number of carbonyl (C=O) groups excluding carboxylic acids is 1. The van der Waals surface area contributed by atoms with Gasteiger partial charge < -0.3 is 19.9 Å².